The molecule has 1 atom stereocenters. The van der Waals surface area contributed by atoms with Gasteiger partial charge in [-0.3, -0.25) is 25.1 Å². The number of benzene rings is 1. The minimum absolute atomic E-state index is 0.0240. The van der Waals surface area contributed by atoms with E-state index in [1.54, 1.807) is 9.58 Å². The summed E-state index contributed by atoms with van der Waals surface area (Å²) in [6.07, 6.45) is 1.38. The molecule has 1 aromatic carbocycles. The van der Waals surface area contributed by atoms with Crippen LogP contribution in [0.4, 0.5) is 10.5 Å². The van der Waals surface area contributed by atoms with Crippen molar-refractivity contribution in [1.82, 2.24) is 25.5 Å². The number of amides is 4. The van der Waals surface area contributed by atoms with Crippen LogP contribution in [0.5, 0.6) is 0 Å². The summed E-state index contributed by atoms with van der Waals surface area (Å²) < 4.78 is 1.58. The van der Waals surface area contributed by atoms with Crippen molar-refractivity contribution >= 4 is 23.5 Å². The van der Waals surface area contributed by atoms with Crippen LogP contribution in [0.1, 0.15) is 24.2 Å². The molecule has 1 aromatic heterocycles. The molecule has 1 aliphatic heterocycles. The van der Waals surface area contributed by atoms with E-state index in [0.29, 0.717) is 25.2 Å². The Hall–Kier alpha value is -3.36. The quantitative estimate of drug-likeness (QED) is 0.680. The average molecular weight is 398 g/mol. The van der Waals surface area contributed by atoms with Crippen molar-refractivity contribution in [1.29, 1.82) is 0 Å². The van der Waals surface area contributed by atoms with Gasteiger partial charge in [0.15, 0.2) is 0 Å². The second-order valence-electron chi connectivity index (χ2n) is 7.20. The van der Waals surface area contributed by atoms with E-state index in [4.69, 9.17) is 0 Å². The number of aryl methyl sites for hydroxylation is 2. The van der Waals surface area contributed by atoms with Crippen molar-refractivity contribution in [2.24, 2.45) is 5.92 Å². The van der Waals surface area contributed by atoms with Crippen LogP contribution < -0.4 is 16.2 Å². The molecule has 2 aromatic rings. The molecular formula is C20H26N6O3. The minimum atomic E-state index is -0.376. The lowest BCUT2D eigenvalue weighted by atomic mass is 9.98. The molecular weight excluding hydrogens is 372 g/mol. The Balaban J connectivity index is 1.47. The normalized spacial score (nSPS) is 16.2. The summed E-state index contributed by atoms with van der Waals surface area (Å²) in [4.78, 5) is 38.6. The highest BCUT2D eigenvalue weighted by molar-refractivity contribution is 5.90. The summed E-state index contributed by atoms with van der Waals surface area (Å²) in [6.45, 7) is 4.63. The van der Waals surface area contributed by atoms with Gasteiger partial charge in [0.2, 0.25) is 5.91 Å². The lowest BCUT2D eigenvalue weighted by Crippen LogP contribution is -2.51. The van der Waals surface area contributed by atoms with E-state index in [2.05, 4.69) is 21.3 Å². The Bertz CT molecular complexity index is 880. The summed E-state index contributed by atoms with van der Waals surface area (Å²) in [5.41, 5.74) is 7.31. The number of hydrazine groups is 1. The highest BCUT2D eigenvalue weighted by atomic mass is 16.2. The molecule has 3 rings (SSSR count). The minimum Gasteiger partial charge on any atom is -0.324 e. The summed E-state index contributed by atoms with van der Waals surface area (Å²) in [7, 11) is 0. The van der Waals surface area contributed by atoms with E-state index >= 15 is 0 Å². The number of urea groups is 1. The molecule has 0 spiro atoms. The lowest BCUT2D eigenvalue weighted by Gasteiger charge is -2.32. The third-order valence-corrected chi connectivity index (χ3v) is 4.83. The van der Waals surface area contributed by atoms with Gasteiger partial charge in [-0.2, -0.15) is 5.10 Å². The van der Waals surface area contributed by atoms with Crippen molar-refractivity contribution in [2.75, 3.05) is 18.4 Å². The Morgan fingerprint density at radius 1 is 1.14 bits per heavy atom. The Morgan fingerprint density at radius 2 is 1.90 bits per heavy atom. The first-order valence-corrected chi connectivity index (χ1v) is 9.63. The monoisotopic (exact) mass is 398 g/mol. The molecule has 29 heavy (non-hydrogen) atoms. The molecule has 154 valence electrons. The van der Waals surface area contributed by atoms with Gasteiger partial charge in [-0.25, -0.2) is 4.79 Å². The molecule has 1 aliphatic rings. The van der Waals surface area contributed by atoms with Gasteiger partial charge in [0.1, 0.15) is 6.54 Å². The Morgan fingerprint density at radius 3 is 2.59 bits per heavy atom. The molecule has 2 heterocycles. The molecule has 0 radical (unpaired) electrons. The van der Waals surface area contributed by atoms with Gasteiger partial charge in [0, 0.05) is 24.5 Å². The van der Waals surface area contributed by atoms with E-state index in [0.717, 1.165) is 17.8 Å². The van der Waals surface area contributed by atoms with Crippen molar-refractivity contribution in [3.63, 3.8) is 0 Å². The molecule has 4 amide bonds. The lowest BCUT2D eigenvalue weighted by molar-refractivity contribution is -0.132. The Labute approximate surface area is 169 Å². The summed E-state index contributed by atoms with van der Waals surface area (Å²) >= 11 is 0. The van der Waals surface area contributed by atoms with Crippen molar-refractivity contribution in [3.05, 3.63) is 47.8 Å². The van der Waals surface area contributed by atoms with Crippen LogP contribution in [-0.4, -0.2) is 45.6 Å². The largest absolute Gasteiger partial charge is 0.324 e. The first kappa shape index (κ1) is 20.4. The number of carbonyl (C=O) groups excluding carboxylic acids is 3. The highest BCUT2D eigenvalue weighted by Crippen LogP contribution is 2.18. The van der Waals surface area contributed by atoms with E-state index in [-0.39, 0.29) is 30.3 Å². The Kier molecular flexibility index (Phi) is 6.48. The number of carbonyl (C=O) groups is 3. The van der Waals surface area contributed by atoms with Gasteiger partial charge >= 0.3 is 6.03 Å². The fraction of sp³-hybridized carbons (Fsp3) is 0.400. The van der Waals surface area contributed by atoms with Crippen molar-refractivity contribution < 1.29 is 14.4 Å². The smallest absolute Gasteiger partial charge is 0.321 e. The number of hydrogen-bond donors (Lipinski definition) is 3. The molecule has 0 saturated carbocycles. The van der Waals surface area contributed by atoms with Gasteiger partial charge < -0.3 is 10.2 Å². The van der Waals surface area contributed by atoms with Crippen LogP contribution >= 0.6 is 0 Å². The maximum atomic E-state index is 12.4. The van der Waals surface area contributed by atoms with Crippen LogP contribution in [0, 0.1) is 19.8 Å². The molecule has 0 unspecified atom stereocenters. The zero-order valence-corrected chi connectivity index (χ0v) is 16.6. The van der Waals surface area contributed by atoms with Crippen molar-refractivity contribution in [3.8, 4) is 0 Å². The fourth-order valence-corrected chi connectivity index (χ4v) is 3.34. The van der Waals surface area contributed by atoms with Crippen LogP contribution in [-0.2, 0) is 16.1 Å². The van der Waals surface area contributed by atoms with E-state index < -0.39 is 0 Å². The third-order valence-electron chi connectivity index (χ3n) is 4.83. The first-order valence-electron chi connectivity index (χ1n) is 9.63. The fourth-order valence-electron chi connectivity index (χ4n) is 3.34. The number of anilines is 1. The predicted molar refractivity (Wildman–Crippen MR) is 108 cm³/mol. The van der Waals surface area contributed by atoms with E-state index in [1.165, 1.54) is 0 Å². The molecule has 3 N–H and O–H groups in total. The molecule has 1 fully saturated rings. The number of hydrogen-bond acceptors (Lipinski definition) is 4. The van der Waals surface area contributed by atoms with E-state index in [9.17, 15) is 14.4 Å². The number of aromatic nitrogens is 2. The second kappa shape index (κ2) is 9.22. The van der Waals surface area contributed by atoms with Gasteiger partial charge in [-0.05, 0) is 44.9 Å². The molecule has 0 bridgehead atoms. The summed E-state index contributed by atoms with van der Waals surface area (Å²) in [5, 5.41) is 7.05. The van der Waals surface area contributed by atoms with Crippen LogP contribution in [0.2, 0.25) is 0 Å². The number of nitrogens with zero attached hydrogens (tertiary/aromatic N) is 3. The van der Waals surface area contributed by atoms with E-state index in [1.807, 2.05) is 50.2 Å². The van der Waals surface area contributed by atoms with Gasteiger partial charge in [0.05, 0.1) is 11.6 Å². The third kappa shape index (κ3) is 5.56. The number of likely N-dealkylation sites (tertiary alicyclic amines) is 1. The maximum absolute atomic E-state index is 12.4. The van der Waals surface area contributed by atoms with Gasteiger partial charge in [0.25, 0.3) is 5.91 Å². The topological polar surface area (TPSA) is 108 Å². The zero-order chi connectivity index (χ0) is 20.8. The SMILES string of the molecule is Cc1cc(C)n(CC(=O)NNC(=O)[C@@H]2CCCN(C(=O)Nc3ccccc3)C2)n1. The van der Waals surface area contributed by atoms with Crippen LogP contribution in [0.25, 0.3) is 0 Å². The maximum Gasteiger partial charge on any atom is 0.321 e. The van der Waals surface area contributed by atoms with Gasteiger partial charge in [-0.15, -0.1) is 0 Å². The predicted octanol–water partition coefficient (Wildman–Crippen LogP) is 1.59. The number of piperidine rings is 1. The summed E-state index contributed by atoms with van der Waals surface area (Å²) in [5.74, 6) is -1.04. The zero-order valence-electron chi connectivity index (χ0n) is 16.6. The molecule has 0 aliphatic carbocycles. The van der Waals surface area contributed by atoms with Crippen LogP contribution in [0.3, 0.4) is 0 Å². The average Bonchev–Trinajstić information content (AvgIpc) is 3.03. The molecule has 9 heteroatoms. The molecule has 9 nitrogen and oxygen atoms in total. The summed E-state index contributed by atoms with van der Waals surface area (Å²) in [6, 6.07) is 10.8. The number of nitrogens with one attached hydrogen (secondary N) is 3. The standard InChI is InChI=1S/C20H26N6O3/c1-14-11-15(2)26(24-14)13-18(27)22-23-19(28)16-7-6-10-25(12-16)20(29)21-17-8-4-3-5-9-17/h3-5,8-9,11,16H,6-7,10,12-13H2,1-2H3,(H,21,29)(H,22,27)(H,23,28)/t16-/m1/s1. The number of para-hydroxylation sites is 1. The van der Waals surface area contributed by atoms with Gasteiger partial charge in [-0.1, -0.05) is 18.2 Å². The highest BCUT2D eigenvalue weighted by Gasteiger charge is 2.28. The number of rotatable bonds is 4. The van der Waals surface area contributed by atoms with Crippen molar-refractivity contribution in [2.45, 2.75) is 33.2 Å². The first-order chi connectivity index (χ1) is 13.9. The van der Waals surface area contributed by atoms with Crippen LogP contribution in [0.15, 0.2) is 36.4 Å². The second-order valence-corrected chi connectivity index (χ2v) is 7.20. The molecule has 1 saturated heterocycles.